The number of amides is 3. The lowest BCUT2D eigenvalue weighted by molar-refractivity contribution is -0.138. The highest BCUT2D eigenvalue weighted by molar-refractivity contribution is 6.10. The normalized spacial score (nSPS) is 18.2. The number of aliphatic hydroxyl groups is 1. The van der Waals surface area contributed by atoms with Crippen molar-refractivity contribution >= 4 is 46.2 Å². The van der Waals surface area contributed by atoms with Gasteiger partial charge in [-0.3, -0.25) is 19.3 Å². The number of hydrogen-bond acceptors (Lipinski definition) is 5. The Kier molecular flexibility index (Phi) is 8.59. The van der Waals surface area contributed by atoms with Crippen molar-refractivity contribution in [1.29, 1.82) is 0 Å². The van der Waals surface area contributed by atoms with Crippen LogP contribution in [-0.2, 0) is 14.4 Å². The van der Waals surface area contributed by atoms with E-state index in [1.54, 1.807) is 59.2 Å². The molecule has 0 fully saturated rings. The lowest BCUT2D eigenvalue weighted by Gasteiger charge is -2.39. The first-order valence-electron chi connectivity index (χ1n) is 14.4. The second-order valence-electron chi connectivity index (χ2n) is 11.2. The van der Waals surface area contributed by atoms with Crippen LogP contribution in [0.5, 0.6) is 0 Å². The number of nitrogens with one attached hydrogen (secondary N) is 1. The number of hydrogen-bond donors (Lipinski definition) is 2. The number of para-hydroxylation sites is 5. The molecule has 5 rings (SSSR count). The SMILES string of the molecule is CC(C)N(C(=O)CN1c2ccccc2N(c2ccccc2)C(=O)C(C)(CC(=O)Nc2ccccc2)C1O)c1ccccc1. The molecule has 0 spiro atoms. The molecule has 220 valence electrons. The van der Waals surface area contributed by atoms with E-state index in [9.17, 15) is 19.5 Å². The van der Waals surface area contributed by atoms with E-state index in [-0.39, 0.29) is 24.9 Å². The van der Waals surface area contributed by atoms with Crippen LogP contribution >= 0.6 is 0 Å². The maximum absolute atomic E-state index is 14.6. The highest BCUT2D eigenvalue weighted by atomic mass is 16.3. The quantitative estimate of drug-likeness (QED) is 0.270. The van der Waals surface area contributed by atoms with Gasteiger partial charge in [-0.25, -0.2) is 0 Å². The minimum absolute atomic E-state index is 0.167. The lowest BCUT2D eigenvalue weighted by Crippen LogP contribution is -2.56. The molecule has 3 amide bonds. The molecule has 0 radical (unpaired) electrons. The molecule has 1 aliphatic rings. The Morgan fingerprint density at radius 2 is 1.37 bits per heavy atom. The molecular formula is C35H36N4O4. The number of fused-ring (bicyclic) bond motifs is 1. The summed E-state index contributed by atoms with van der Waals surface area (Å²) in [5.41, 5.74) is 1.27. The Morgan fingerprint density at radius 1 is 0.837 bits per heavy atom. The van der Waals surface area contributed by atoms with E-state index in [0.717, 1.165) is 5.69 Å². The van der Waals surface area contributed by atoms with Crippen LogP contribution in [0.15, 0.2) is 115 Å². The van der Waals surface area contributed by atoms with Gasteiger partial charge in [0.15, 0.2) is 0 Å². The molecule has 8 nitrogen and oxygen atoms in total. The van der Waals surface area contributed by atoms with Crippen LogP contribution in [-0.4, -0.2) is 41.6 Å². The minimum atomic E-state index is -1.64. The van der Waals surface area contributed by atoms with Crippen LogP contribution in [0.4, 0.5) is 28.4 Å². The number of aliphatic hydroxyl groups excluding tert-OH is 1. The monoisotopic (exact) mass is 576 g/mol. The van der Waals surface area contributed by atoms with Gasteiger partial charge in [-0.05, 0) is 69.3 Å². The Bertz CT molecular complexity index is 1580. The number of rotatable bonds is 8. The highest BCUT2D eigenvalue weighted by Gasteiger charge is 2.51. The fraction of sp³-hybridized carbons (Fsp3) is 0.229. The van der Waals surface area contributed by atoms with Crippen LogP contribution < -0.4 is 20.0 Å². The predicted octanol–water partition coefficient (Wildman–Crippen LogP) is 5.97. The summed E-state index contributed by atoms with van der Waals surface area (Å²) in [7, 11) is 0. The third-order valence-electron chi connectivity index (χ3n) is 7.71. The first-order valence-corrected chi connectivity index (χ1v) is 14.4. The third kappa shape index (κ3) is 6.01. The van der Waals surface area contributed by atoms with E-state index in [1.165, 1.54) is 4.90 Å². The van der Waals surface area contributed by atoms with Crippen molar-refractivity contribution in [3.63, 3.8) is 0 Å². The van der Waals surface area contributed by atoms with Crippen molar-refractivity contribution in [1.82, 2.24) is 0 Å². The summed E-state index contributed by atoms with van der Waals surface area (Å²) in [6, 6.07) is 34.5. The average Bonchev–Trinajstić information content (AvgIpc) is 3.06. The molecule has 0 bridgehead atoms. The van der Waals surface area contributed by atoms with Gasteiger partial charge in [0.25, 0.3) is 0 Å². The van der Waals surface area contributed by atoms with Crippen LogP contribution in [0.25, 0.3) is 0 Å². The minimum Gasteiger partial charge on any atom is -0.372 e. The van der Waals surface area contributed by atoms with Gasteiger partial charge in [0, 0.05) is 29.5 Å². The summed E-state index contributed by atoms with van der Waals surface area (Å²) >= 11 is 0. The fourth-order valence-electron chi connectivity index (χ4n) is 5.62. The van der Waals surface area contributed by atoms with Gasteiger partial charge in [0.05, 0.1) is 11.4 Å². The van der Waals surface area contributed by atoms with Gasteiger partial charge in [0.2, 0.25) is 17.7 Å². The number of carbonyl (C=O) groups excluding carboxylic acids is 3. The van der Waals surface area contributed by atoms with E-state index in [2.05, 4.69) is 5.32 Å². The summed E-state index contributed by atoms with van der Waals surface area (Å²) in [6.45, 7) is 5.21. The zero-order valence-corrected chi connectivity index (χ0v) is 24.6. The summed E-state index contributed by atoms with van der Waals surface area (Å²) in [5.74, 6) is -1.15. The maximum Gasteiger partial charge on any atom is 0.246 e. The summed E-state index contributed by atoms with van der Waals surface area (Å²) in [6.07, 6.45) is -1.83. The van der Waals surface area contributed by atoms with Gasteiger partial charge in [0.1, 0.15) is 18.2 Å². The van der Waals surface area contributed by atoms with E-state index in [4.69, 9.17) is 0 Å². The van der Waals surface area contributed by atoms with Crippen LogP contribution in [0, 0.1) is 5.41 Å². The third-order valence-corrected chi connectivity index (χ3v) is 7.71. The van der Waals surface area contributed by atoms with Crippen molar-refractivity contribution in [2.75, 3.05) is 26.6 Å². The number of benzene rings is 4. The average molecular weight is 577 g/mol. The molecule has 4 aromatic carbocycles. The first-order chi connectivity index (χ1) is 20.7. The fourth-order valence-corrected chi connectivity index (χ4v) is 5.62. The predicted molar refractivity (Wildman–Crippen MR) is 170 cm³/mol. The van der Waals surface area contributed by atoms with Crippen LogP contribution in [0.2, 0.25) is 0 Å². The van der Waals surface area contributed by atoms with Gasteiger partial charge in [-0.15, -0.1) is 0 Å². The topological polar surface area (TPSA) is 93.2 Å². The van der Waals surface area contributed by atoms with Gasteiger partial charge < -0.3 is 20.2 Å². The number of nitrogens with zero attached hydrogens (tertiary/aromatic N) is 3. The molecule has 1 aliphatic heterocycles. The molecule has 0 aliphatic carbocycles. The van der Waals surface area contributed by atoms with Crippen molar-refractivity contribution in [3.05, 3.63) is 115 Å². The van der Waals surface area contributed by atoms with Crippen LogP contribution in [0.3, 0.4) is 0 Å². The molecule has 8 heteroatoms. The standard InChI is InChI=1S/C35H36N4O4/c1-25(2)38(27-17-9-5-10-18-27)32(41)24-37-29-21-13-14-22-30(29)39(28-19-11-6-12-20-28)34(43)35(3,33(37)42)23-31(40)36-26-15-7-4-8-16-26/h4-22,25,33,42H,23-24H2,1-3H3,(H,36,40). The van der Waals surface area contributed by atoms with Gasteiger partial charge in [-0.1, -0.05) is 66.7 Å². The summed E-state index contributed by atoms with van der Waals surface area (Å²) < 4.78 is 0. The van der Waals surface area contributed by atoms with E-state index >= 15 is 0 Å². The molecule has 43 heavy (non-hydrogen) atoms. The Morgan fingerprint density at radius 3 is 1.98 bits per heavy atom. The second kappa shape index (κ2) is 12.5. The van der Waals surface area contributed by atoms with E-state index < -0.39 is 23.5 Å². The molecule has 4 aromatic rings. The van der Waals surface area contributed by atoms with Gasteiger partial charge in [-0.2, -0.15) is 0 Å². The van der Waals surface area contributed by atoms with Crippen LogP contribution in [0.1, 0.15) is 27.2 Å². The maximum atomic E-state index is 14.6. The molecule has 2 atom stereocenters. The zero-order chi connectivity index (χ0) is 30.6. The van der Waals surface area contributed by atoms with Crippen molar-refractivity contribution < 1.29 is 19.5 Å². The molecule has 2 N–H and O–H groups in total. The number of carbonyl (C=O) groups is 3. The second-order valence-corrected chi connectivity index (χ2v) is 11.2. The molecule has 0 saturated heterocycles. The molecule has 0 aromatic heterocycles. The zero-order valence-electron chi connectivity index (χ0n) is 24.6. The van der Waals surface area contributed by atoms with Gasteiger partial charge >= 0.3 is 0 Å². The molecule has 1 heterocycles. The van der Waals surface area contributed by atoms with E-state index in [0.29, 0.717) is 22.7 Å². The van der Waals surface area contributed by atoms with Crippen molar-refractivity contribution in [3.8, 4) is 0 Å². The first kappa shape index (κ1) is 29.5. The number of anilines is 5. The molecular weight excluding hydrogens is 540 g/mol. The summed E-state index contributed by atoms with van der Waals surface area (Å²) in [5, 5.41) is 15.0. The Balaban J connectivity index is 1.60. The lowest BCUT2D eigenvalue weighted by atomic mass is 9.82. The Hall–Kier alpha value is -4.95. The summed E-state index contributed by atoms with van der Waals surface area (Å²) in [4.78, 5) is 46.8. The smallest absolute Gasteiger partial charge is 0.246 e. The highest BCUT2D eigenvalue weighted by Crippen LogP contribution is 2.46. The van der Waals surface area contributed by atoms with Crippen molar-refractivity contribution in [2.24, 2.45) is 5.41 Å². The molecule has 0 saturated carbocycles. The molecule has 2 unspecified atom stereocenters. The van der Waals surface area contributed by atoms with E-state index in [1.807, 2.05) is 86.6 Å². The Labute approximate surface area is 252 Å². The van der Waals surface area contributed by atoms with Crippen molar-refractivity contribution in [2.45, 2.75) is 39.5 Å². The largest absolute Gasteiger partial charge is 0.372 e.